The standard InChI is InChI=1S/C15H21N3/c1-4-13(16)8-14-9-15(18-17-14)12-6-5-10(2)11(3)7-12/h5-7,9,13H,4,8,16H2,1-3H3,(H,17,18). The van der Waals surface area contributed by atoms with Gasteiger partial charge in [0.05, 0.1) is 5.69 Å². The molecule has 2 aromatic rings. The van der Waals surface area contributed by atoms with Crippen LogP contribution in [0.5, 0.6) is 0 Å². The van der Waals surface area contributed by atoms with E-state index < -0.39 is 0 Å². The SMILES string of the molecule is CCC(N)Cc1cc(-c2ccc(C)c(C)c2)n[nH]1. The van der Waals surface area contributed by atoms with Gasteiger partial charge in [0.2, 0.25) is 0 Å². The molecule has 3 heteroatoms. The second kappa shape index (κ2) is 5.36. The first kappa shape index (κ1) is 12.8. The van der Waals surface area contributed by atoms with Crippen molar-refractivity contribution >= 4 is 0 Å². The second-order valence-electron chi connectivity index (χ2n) is 4.95. The summed E-state index contributed by atoms with van der Waals surface area (Å²) in [6.45, 7) is 6.35. The van der Waals surface area contributed by atoms with Crippen LogP contribution in [0.4, 0.5) is 0 Å². The molecule has 0 bridgehead atoms. The summed E-state index contributed by atoms with van der Waals surface area (Å²) in [7, 11) is 0. The lowest BCUT2D eigenvalue weighted by Crippen LogP contribution is -2.21. The van der Waals surface area contributed by atoms with Crippen molar-refractivity contribution in [2.24, 2.45) is 5.73 Å². The summed E-state index contributed by atoms with van der Waals surface area (Å²) in [6.07, 6.45) is 1.84. The normalized spacial score (nSPS) is 12.7. The maximum absolute atomic E-state index is 5.95. The van der Waals surface area contributed by atoms with Gasteiger partial charge in [0, 0.05) is 23.7 Å². The van der Waals surface area contributed by atoms with Crippen LogP contribution >= 0.6 is 0 Å². The Kier molecular flexibility index (Phi) is 3.82. The van der Waals surface area contributed by atoms with E-state index in [1.165, 1.54) is 11.1 Å². The highest BCUT2D eigenvalue weighted by Crippen LogP contribution is 2.21. The van der Waals surface area contributed by atoms with Gasteiger partial charge in [-0.3, -0.25) is 5.10 Å². The maximum Gasteiger partial charge on any atom is 0.0923 e. The molecular formula is C15H21N3. The first-order valence-electron chi connectivity index (χ1n) is 6.47. The van der Waals surface area contributed by atoms with Crippen LogP contribution in [0.2, 0.25) is 0 Å². The Bertz CT molecular complexity index is 528. The number of benzene rings is 1. The third-order valence-electron chi connectivity index (χ3n) is 3.44. The van der Waals surface area contributed by atoms with Crippen molar-refractivity contribution in [1.29, 1.82) is 0 Å². The van der Waals surface area contributed by atoms with Crippen molar-refractivity contribution in [1.82, 2.24) is 10.2 Å². The number of nitrogens with zero attached hydrogens (tertiary/aromatic N) is 1. The van der Waals surface area contributed by atoms with Gasteiger partial charge in [0.1, 0.15) is 0 Å². The molecule has 0 saturated heterocycles. The van der Waals surface area contributed by atoms with Crippen LogP contribution < -0.4 is 5.73 Å². The average Bonchev–Trinajstić information content (AvgIpc) is 2.81. The van der Waals surface area contributed by atoms with Crippen molar-refractivity contribution in [3.8, 4) is 11.3 Å². The molecule has 0 spiro atoms. The predicted molar refractivity (Wildman–Crippen MR) is 75.5 cm³/mol. The summed E-state index contributed by atoms with van der Waals surface area (Å²) in [6, 6.07) is 8.73. The van der Waals surface area contributed by atoms with Crippen LogP contribution in [-0.2, 0) is 6.42 Å². The van der Waals surface area contributed by atoms with E-state index in [1.807, 2.05) is 0 Å². The minimum Gasteiger partial charge on any atom is -0.327 e. The third-order valence-corrected chi connectivity index (χ3v) is 3.44. The number of aryl methyl sites for hydroxylation is 2. The van der Waals surface area contributed by atoms with E-state index in [2.05, 4.69) is 55.2 Å². The number of H-pyrrole nitrogens is 1. The van der Waals surface area contributed by atoms with E-state index in [1.54, 1.807) is 0 Å². The molecule has 0 aliphatic rings. The Hall–Kier alpha value is -1.61. The van der Waals surface area contributed by atoms with Crippen LogP contribution in [-0.4, -0.2) is 16.2 Å². The minimum absolute atomic E-state index is 0.207. The van der Waals surface area contributed by atoms with Crippen LogP contribution in [0, 0.1) is 13.8 Å². The quantitative estimate of drug-likeness (QED) is 0.867. The molecule has 3 nitrogen and oxygen atoms in total. The number of hydrogen-bond acceptors (Lipinski definition) is 2. The predicted octanol–water partition coefficient (Wildman–Crippen LogP) is 2.97. The molecule has 0 amide bonds. The number of hydrogen-bond donors (Lipinski definition) is 2. The highest BCUT2D eigenvalue weighted by Gasteiger charge is 2.07. The summed E-state index contributed by atoms with van der Waals surface area (Å²) >= 11 is 0. The highest BCUT2D eigenvalue weighted by molar-refractivity contribution is 5.61. The Balaban J connectivity index is 2.21. The molecule has 3 N–H and O–H groups in total. The van der Waals surface area contributed by atoms with E-state index in [0.717, 1.165) is 29.8 Å². The lowest BCUT2D eigenvalue weighted by atomic mass is 10.0. The van der Waals surface area contributed by atoms with Crippen molar-refractivity contribution in [2.45, 2.75) is 39.7 Å². The molecule has 1 heterocycles. The fraction of sp³-hybridized carbons (Fsp3) is 0.400. The van der Waals surface area contributed by atoms with Crippen LogP contribution in [0.1, 0.15) is 30.2 Å². The minimum atomic E-state index is 0.207. The molecule has 1 aromatic heterocycles. The van der Waals surface area contributed by atoms with E-state index in [0.29, 0.717) is 0 Å². The molecule has 0 fully saturated rings. The van der Waals surface area contributed by atoms with Crippen molar-refractivity contribution < 1.29 is 0 Å². The van der Waals surface area contributed by atoms with Crippen molar-refractivity contribution in [3.05, 3.63) is 41.1 Å². The smallest absolute Gasteiger partial charge is 0.0923 e. The number of nitrogens with two attached hydrogens (primary N) is 1. The topological polar surface area (TPSA) is 54.7 Å². The summed E-state index contributed by atoms with van der Waals surface area (Å²) in [5, 5.41) is 7.44. The molecule has 18 heavy (non-hydrogen) atoms. The number of aromatic amines is 1. The first-order valence-corrected chi connectivity index (χ1v) is 6.47. The zero-order chi connectivity index (χ0) is 13.1. The van der Waals surface area contributed by atoms with Gasteiger partial charge in [-0.05, 0) is 43.5 Å². The molecule has 1 unspecified atom stereocenters. The number of nitrogens with one attached hydrogen (secondary N) is 1. The van der Waals surface area contributed by atoms with Gasteiger partial charge < -0.3 is 5.73 Å². The van der Waals surface area contributed by atoms with Gasteiger partial charge in [-0.25, -0.2) is 0 Å². The molecule has 2 rings (SSSR count). The molecule has 0 aliphatic carbocycles. The van der Waals surface area contributed by atoms with Crippen molar-refractivity contribution in [2.75, 3.05) is 0 Å². The third kappa shape index (κ3) is 2.79. The van der Waals surface area contributed by atoms with Gasteiger partial charge in [0.15, 0.2) is 0 Å². The summed E-state index contributed by atoms with van der Waals surface area (Å²) in [5.74, 6) is 0. The number of aromatic nitrogens is 2. The van der Waals surface area contributed by atoms with E-state index in [9.17, 15) is 0 Å². The summed E-state index contributed by atoms with van der Waals surface area (Å²) in [5.41, 5.74) is 11.8. The van der Waals surface area contributed by atoms with E-state index >= 15 is 0 Å². The van der Waals surface area contributed by atoms with Gasteiger partial charge in [0.25, 0.3) is 0 Å². The summed E-state index contributed by atoms with van der Waals surface area (Å²) < 4.78 is 0. The van der Waals surface area contributed by atoms with Gasteiger partial charge in [-0.2, -0.15) is 5.10 Å². The first-order chi connectivity index (χ1) is 8.60. The Morgan fingerprint density at radius 3 is 2.67 bits per heavy atom. The molecule has 96 valence electrons. The monoisotopic (exact) mass is 243 g/mol. The highest BCUT2D eigenvalue weighted by atomic mass is 15.1. The van der Waals surface area contributed by atoms with E-state index in [-0.39, 0.29) is 6.04 Å². The van der Waals surface area contributed by atoms with Gasteiger partial charge in [-0.15, -0.1) is 0 Å². The lowest BCUT2D eigenvalue weighted by molar-refractivity contribution is 0.635. The fourth-order valence-corrected chi connectivity index (χ4v) is 1.94. The molecule has 0 radical (unpaired) electrons. The Morgan fingerprint density at radius 1 is 1.22 bits per heavy atom. The molecule has 1 aromatic carbocycles. The molecule has 1 atom stereocenters. The summed E-state index contributed by atoms with van der Waals surface area (Å²) in [4.78, 5) is 0. The van der Waals surface area contributed by atoms with Crippen LogP contribution in [0.25, 0.3) is 11.3 Å². The molecule has 0 saturated carbocycles. The zero-order valence-corrected chi connectivity index (χ0v) is 11.3. The second-order valence-corrected chi connectivity index (χ2v) is 4.95. The Labute approximate surface area is 108 Å². The van der Waals surface area contributed by atoms with E-state index in [4.69, 9.17) is 5.73 Å². The Morgan fingerprint density at radius 2 is 2.00 bits per heavy atom. The van der Waals surface area contributed by atoms with Gasteiger partial charge in [-0.1, -0.05) is 19.1 Å². The van der Waals surface area contributed by atoms with Crippen LogP contribution in [0.3, 0.4) is 0 Å². The zero-order valence-electron chi connectivity index (χ0n) is 11.3. The van der Waals surface area contributed by atoms with Crippen LogP contribution in [0.15, 0.2) is 24.3 Å². The lowest BCUT2D eigenvalue weighted by Gasteiger charge is -2.05. The number of rotatable bonds is 4. The largest absolute Gasteiger partial charge is 0.327 e. The maximum atomic E-state index is 5.95. The molecule has 0 aliphatic heterocycles. The average molecular weight is 243 g/mol. The van der Waals surface area contributed by atoms with Gasteiger partial charge >= 0.3 is 0 Å². The fourth-order valence-electron chi connectivity index (χ4n) is 1.94. The molecular weight excluding hydrogens is 222 g/mol. The van der Waals surface area contributed by atoms with Crippen molar-refractivity contribution in [3.63, 3.8) is 0 Å².